The van der Waals surface area contributed by atoms with Crippen LogP contribution in [-0.2, 0) is 42.9 Å². The molecule has 0 saturated carbocycles. The summed E-state index contributed by atoms with van der Waals surface area (Å²) in [6.45, 7) is 3.32. The standard InChI is InChI=1S/C19H23NO10/c1-9(21)26-14-15(27-10(2)22)17(28-11(3)23)19(30-16(14)18(24)25-4)29-13-7-5-12(20)6-8-13/h5-8,14-17,19H,20H2,1-4H3/t14-,15-,16-,17+,19+/m1/s1. The van der Waals surface area contributed by atoms with Gasteiger partial charge in [0.05, 0.1) is 7.11 Å². The van der Waals surface area contributed by atoms with E-state index in [1.165, 1.54) is 12.1 Å². The van der Waals surface area contributed by atoms with Gasteiger partial charge in [0.2, 0.25) is 12.4 Å². The Morgan fingerprint density at radius 1 is 0.833 bits per heavy atom. The summed E-state index contributed by atoms with van der Waals surface area (Å²) in [5, 5.41) is 0. The van der Waals surface area contributed by atoms with Crippen molar-refractivity contribution in [2.45, 2.75) is 51.5 Å². The Kier molecular flexibility index (Phi) is 7.59. The zero-order valence-corrected chi connectivity index (χ0v) is 16.9. The first-order valence-corrected chi connectivity index (χ1v) is 8.89. The summed E-state index contributed by atoms with van der Waals surface area (Å²) < 4.78 is 31.7. The monoisotopic (exact) mass is 425 g/mol. The predicted octanol–water partition coefficient (Wildman–Crippen LogP) is 0.341. The van der Waals surface area contributed by atoms with E-state index in [4.69, 9.17) is 34.2 Å². The van der Waals surface area contributed by atoms with Crippen molar-refractivity contribution < 1.29 is 47.6 Å². The van der Waals surface area contributed by atoms with Crippen LogP contribution >= 0.6 is 0 Å². The van der Waals surface area contributed by atoms with E-state index in [1.807, 2.05) is 0 Å². The van der Waals surface area contributed by atoms with Crippen LogP contribution in [0.4, 0.5) is 5.69 Å². The molecule has 2 N–H and O–H groups in total. The Morgan fingerprint density at radius 2 is 1.33 bits per heavy atom. The van der Waals surface area contributed by atoms with E-state index in [0.717, 1.165) is 27.9 Å². The lowest BCUT2D eigenvalue weighted by atomic mass is 9.97. The van der Waals surface area contributed by atoms with E-state index in [2.05, 4.69) is 0 Å². The zero-order valence-electron chi connectivity index (χ0n) is 16.9. The number of anilines is 1. The molecule has 1 aromatic rings. The van der Waals surface area contributed by atoms with Crippen molar-refractivity contribution in [2.24, 2.45) is 0 Å². The second kappa shape index (κ2) is 9.92. The smallest absolute Gasteiger partial charge is 0.339 e. The van der Waals surface area contributed by atoms with Crippen LogP contribution in [0.1, 0.15) is 20.8 Å². The highest BCUT2D eigenvalue weighted by Gasteiger charge is 2.55. The normalized spacial score (nSPS) is 25.5. The van der Waals surface area contributed by atoms with Gasteiger partial charge in [0.25, 0.3) is 0 Å². The van der Waals surface area contributed by atoms with E-state index in [0.29, 0.717) is 5.69 Å². The van der Waals surface area contributed by atoms with Gasteiger partial charge in [0.15, 0.2) is 18.3 Å². The first-order chi connectivity index (χ1) is 14.1. The molecule has 5 atom stereocenters. The number of nitrogens with two attached hydrogens (primary N) is 1. The fourth-order valence-corrected chi connectivity index (χ4v) is 2.86. The predicted molar refractivity (Wildman–Crippen MR) is 98.8 cm³/mol. The van der Waals surface area contributed by atoms with Crippen LogP contribution in [0, 0.1) is 0 Å². The first-order valence-electron chi connectivity index (χ1n) is 8.89. The van der Waals surface area contributed by atoms with Gasteiger partial charge in [0.1, 0.15) is 5.75 Å². The van der Waals surface area contributed by atoms with Gasteiger partial charge in [0, 0.05) is 26.5 Å². The Balaban J connectivity index is 2.47. The van der Waals surface area contributed by atoms with Crippen LogP contribution in [0.15, 0.2) is 24.3 Å². The second-order valence-corrected chi connectivity index (χ2v) is 6.36. The zero-order chi connectivity index (χ0) is 22.4. The molecule has 1 fully saturated rings. The highest BCUT2D eigenvalue weighted by atomic mass is 16.7. The first kappa shape index (κ1) is 22.9. The van der Waals surface area contributed by atoms with Gasteiger partial charge in [-0.1, -0.05) is 0 Å². The molecule has 1 aliphatic rings. The molecule has 0 spiro atoms. The van der Waals surface area contributed by atoms with Gasteiger partial charge < -0.3 is 34.2 Å². The van der Waals surface area contributed by atoms with Crippen molar-refractivity contribution in [1.82, 2.24) is 0 Å². The third-order valence-corrected chi connectivity index (χ3v) is 3.97. The van der Waals surface area contributed by atoms with Gasteiger partial charge in [-0.05, 0) is 24.3 Å². The fraction of sp³-hybridized carbons (Fsp3) is 0.474. The molecule has 11 nitrogen and oxygen atoms in total. The molecule has 1 heterocycles. The van der Waals surface area contributed by atoms with Crippen molar-refractivity contribution in [1.29, 1.82) is 0 Å². The van der Waals surface area contributed by atoms with Crippen LogP contribution in [0.2, 0.25) is 0 Å². The van der Waals surface area contributed by atoms with Crippen molar-refractivity contribution >= 4 is 29.6 Å². The lowest BCUT2D eigenvalue weighted by molar-refractivity contribution is -0.282. The number of carbonyl (C=O) groups excluding carboxylic acids is 4. The lowest BCUT2D eigenvalue weighted by Gasteiger charge is -2.43. The molecule has 0 radical (unpaired) electrons. The Hall–Kier alpha value is -3.34. The average molecular weight is 425 g/mol. The van der Waals surface area contributed by atoms with E-state index in [-0.39, 0.29) is 5.75 Å². The molecular formula is C19H23NO10. The molecule has 0 amide bonds. The molecule has 0 unspecified atom stereocenters. The molecule has 1 aromatic carbocycles. The number of ether oxygens (including phenoxy) is 6. The molecule has 30 heavy (non-hydrogen) atoms. The van der Waals surface area contributed by atoms with Gasteiger partial charge in [-0.3, -0.25) is 14.4 Å². The van der Waals surface area contributed by atoms with Gasteiger partial charge in [-0.2, -0.15) is 0 Å². The summed E-state index contributed by atoms with van der Waals surface area (Å²) in [7, 11) is 1.10. The van der Waals surface area contributed by atoms with Crippen LogP contribution in [0.25, 0.3) is 0 Å². The van der Waals surface area contributed by atoms with Crippen LogP contribution in [-0.4, -0.2) is 61.7 Å². The molecule has 2 rings (SSSR count). The van der Waals surface area contributed by atoms with Crippen LogP contribution < -0.4 is 10.5 Å². The van der Waals surface area contributed by atoms with E-state index in [1.54, 1.807) is 12.1 Å². The second-order valence-electron chi connectivity index (χ2n) is 6.36. The number of rotatable bonds is 6. The summed E-state index contributed by atoms with van der Waals surface area (Å²) in [6.07, 6.45) is -7.15. The number of esters is 4. The molecular weight excluding hydrogens is 402 g/mol. The van der Waals surface area contributed by atoms with Crippen molar-refractivity contribution in [3.8, 4) is 5.75 Å². The molecule has 0 aromatic heterocycles. The van der Waals surface area contributed by atoms with Crippen molar-refractivity contribution in [2.75, 3.05) is 12.8 Å². The van der Waals surface area contributed by atoms with Gasteiger partial charge in [-0.25, -0.2) is 4.79 Å². The summed E-state index contributed by atoms with van der Waals surface area (Å²) >= 11 is 0. The van der Waals surface area contributed by atoms with Crippen molar-refractivity contribution in [3.05, 3.63) is 24.3 Å². The molecule has 11 heteroatoms. The van der Waals surface area contributed by atoms with Gasteiger partial charge >= 0.3 is 23.9 Å². The van der Waals surface area contributed by atoms with Crippen molar-refractivity contribution in [3.63, 3.8) is 0 Å². The molecule has 1 saturated heterocycles. The summed E-state index contributed by atoms with van der Waals surface area (Å²) in [5.74, 6) is -2.95. The van der Waals surface area contributed by atoms with E-state index < -0.39 is 54.6 Å². The SMILES string of the molecule is COC(=O)[C@@H]1O[C@H](Oc2ccc(N)cc2)[C@@H](OC(C)=O)[C@H](OC(C)=O)[C@H]1OC(C)=O. The molecule has 164 valence electrons. The Bertz CT molecular complexity index is 793. The Morgan fingerprint density at radius 3 is 1.83 bits per heavy atom. The largest absolute Gasteiger partial charge is 0.467 e. The quantitative estimate of drug-likeness (QED) is 0.382. The van der Waals surface area contributed by atoms with Crippen LogP contribution in [0.5, 0.6) is 5.75 Å². The highest BCUT2D eigenvalue weighted by molar-refractivity contribution is 5.77. The number of carbonyl (C=O) groups is 4. The number of methoxy groups -OCH3 is 1. The fourth-order valence-electron chi connectivity index (χ4n) is 2.86. The maximum atomic E-state index is 12.3. The molecule has 1 aliphatic heterocycles. The maximum absolute atomic E-state index is 12.3. The van der Waals surface area contributed by atoms with E-state index >= 15 is 0 Å². The maximum Gasteiger partial charge on any atom is 0.339 e. The summed E-state index contributed by atoms with van der Waals surface area (Å²) in [6, 6.07) is 6.16. The lowest BCUT2D eigenvalue weighted by Crippen LogP contribution is -2.64. The summed E-state index contributed by atoms with van der Waals surface area (Å²) in [4.78, 5) is 47.3. The highest BCUT2D eigenvalue weighted by Crippen LogP contribution is 2.31. The van der Waals surface area contributed by atoms with E-state index in [9.17, 15) is 19.2 Å². The molecule has 0 aliphatic carbocycles. The van der Waals surface area contributed by atoms with Crippen LogP contribution in [0.3, 0.4) is 0 Å². The number of benzene rings is 1. The third-order valence-electron chi connectivity index (χ3n) is 3.97. The number of nitrogen functional groups attached to an aromatic ring is 1. The third kappa shape index (κ3) is 5.83. The average Bonchev–Trinajstić information content (AvgIpc) is 2.66. The Labute approximate surface area is 172 Å². The topological polar surface area (TPSA) is 150 Å². The minimum Gasteiger partial charge on any atom is -0.467 e. The number of hydrogen-bond acceptors (Lipinski definition) is 11. The minimum atomic E-state index is -1.52. The minimum absolute atomic E-state index is 0.266. The molecule has 0 bridgehead atoms. The van der Waals surface area contributed by atoms with Gasteiger partial charge in [-0.15, -0.1) is 0 Å². The summed E-state index contributed by atoms with van der Waals surface area (Å²) in [5.41, 5.74) is 6.13. The number of hydrogen-bond donors (Lipinski definition) is 1.